The molecule has 36 heavy (non-hydrogen) atoms. The normalized spacial score (nSPS) is 14.4. The lowest BCUT2D eigenvalue weighted by Gasteiger charge is -2.36. The Bertz CT molecular complexity index is 1390. The van der Waals surface area contributed by atoms with E-state index < -0.39 is 5.91 Å². The lowest BCUT2D eigenvalue weighted by molar-refractivity contribution is -0.137. The number of ether oxygens (including phenoxy) is 1. The van der Waals surface area contributed by atoms with E-state index in [1.54, 1.807) is 12.1 Å². The highest BCUT2D eigenvalue weighted by atomic mass is 16.5. The molecular weight excluding hydrogens is 456 g/mol. The van der Waals surface area contributed by atoms with Crippen LogP contribution in [0.15, 0.2) is 60.9 Å². The molecule has 2 N–H and O–H groups in total. The first-order valence-electron chi connectivity index (χ1n) is 12.2. The fraction of sp³-hybridized carbons (Fsp3) is 0.333. The smallest absolute Gasteiger partial charge is 0.248 e. The number of carbonyl (C=O) groups excluding carboxylic acids is 2. The lowest BCUT2D eigenvalue weighted by Crippen LogP contribution is -2.47. The second-order valence-electron chi connectivity index (χ2n) is 9.15. The molecule has 0 radical (unpaired) electrons. The molecule has 0 unspecified atom stereocenters. The Morgan fingerprint density at radius 2 is 1.92 bits per heavy atom. The number of benzene rings is 2. The maximum Gasteiger partial charge on any atom is 0.248 e. The standard InChI is InChI=1S/C27H30N6O3/c1-31(22-9-12-33(13-10-22)27-29-17-21-4-2-3-5-23(21)30-27)25(34)18-36-15-14-32-11-8-19-6-7-20(26(28)35)16-24(19)32/h2-8,11,16-17,22H,9-10,12-15,18H2,1H3,(H2,28,35). The van der Waals surface area contributed by atoms with E-state index in [2.05, 4.69) is 9.88 Å². The Morgan fingerprint density at radius 3 is 2.72 bits per heavy atom. The number of primary amides is 1. The van der Waals surface area contributed by atoms with Gasteiger partial charge in [0.2, 0.25) is 17.8 Å². The molecule has 1 aliphatic rings. The molecule has 0 bridgehead atoms. The van der Waals surface area contributed by atoms with Gasteiger partial charge in [0.1, 0.15) is 6.61 Å². The van der Waals surface area contributed by atoms with Crippen LogP contribution in [0.5, 0.6) is 0 Å². The zero-order valence-electron chi connectivity index (χ0n) is 20.3. The van der Waals surface area contributed by atoms with Crippen LogP contribution in [0.25, 0.3) is 21.8 Å². The highest BCUT2D eigenvalue weighted by Crippen LogP contribution is 2.21. The minimum atomic E-state index is -0.454. The Balaban J connectivity index is 1.09. The number of hydrogen-bond donors (Lipinski definition) is 1. The van der Waals surface area contributed by atoms with Gasteiger partial charge in [0.05, 0.1) is 12.1 Å². The summed E-state index contributed by atoms with van der Waals surface area (Å²) >= 11 is 0. The second kappa shape index (κ2) is 10.3. The zero-order chi connectivity index (χ0) is 25.1. The predicted octanol–water partition coefficient (Wildman–Crippen LogP) is 2.83. The fourth-order valence-electron chi connectivity index (χ4n) is 4.73. The predicted molar refractivity (Wildman–Crippen MR) is 139 cm³/mol. The van der Waals surface area contributed by atoms with Crippen LogP contribution in [-0.2, 0) is 16.1 Å². The molecule has 2 aromatic carbocycles. The quantitative estimate of drug-likeness (QED) is 0.384. The zero-order valence-corrected chi connectivity index (χ0v) is 20.3. The molecular formula is C27H30N6O3. The third kappa shape index (κ3) is 5.01. The van der Waals surface area contributed by atoms with Crippen molar-refractivity contribution in [2.75, 3.05) is 38.3 Å². The van der Waals surface area contributed by atoms with E-state index in [-0.39, 0.29) is 18.6 Å². The van der Waals surface area contributed by atoms with Gasteiger partial charge in [-0.3, -0.25) is 9.59 Å². The molecule has 1 aliphatic heterocycles. The van der Waals surface area contributed by atoms with Gasteiger partial charge >= 0.3 is 0 Å². The molecule has 2 aromatic heterocycles. The number of hydrogen-bond acceptors (Lipinski definition) is 6. The number of piperidine rings is 1. The summed E-state index contributed by atoms with van der Waals surface area (Å²) in [6.45, 7) is 2.61. The first kappa shape index (κ1) is 23.7. The van der Waals surface area contributed by atoms with Crippen molar-refractivity contribution in [3.05, 3.63) is 66.5 Å². The van der Waals surface area contributed by atoms with E-state index in [1.165, 1.54) is 0 Å². The minimum absolute atomic E-state index is 0.0243. The van der Waals surface area contributed by atoms with Crippen LogP contribution in [0, 0.1) is 0 Å². The Morgan fingerprint density at radius 1 is 1.11 bits per heavy atom. The molecule has 3 heterocycles. The molecule has 0 saturated carbocycles. The molecule has 1 fully saturated rings. The summed E-state index contributed by atoms with van der Waals surface area (Å²) in [4.78, 5) is 37.4. The van der Waals surface area contributed by atoms with Gasteiger partial charge in [0.25, 0.3) is 0 Å². The molecule has 1 saturated heterocycles. The third-order valence-electron chi connectivity index (χ3n) is 6.93. The SMILES string of the molecule is CN(C(=O)COCCn1ccc2ccc(C(N)=O)cc21)C1CCN(c2ncc3ccccc3n2)CC1. The average molecular weight is 487 g/mol. The van der Waals surface area contributed by atoms with Crippen LogP contribution < -0.4 is 10.6 Å². The maximum absolute atomic E-state index is 12.7. The largest absolute Gasteiger partial charge is 0.370 e. The first-order valence-corrected chi connectivity index (χ1v) is 12.2. The summed E-state index contributed by atoms with van der Waals surface area (Å²) in [5.74, 6) is 0.263. The molecule has 9 nitrogen and oxygen atoms in total. The van der Waals surface area contributed by atoms with Crippen molar-refractivity contribution in [2.45, 2.75) is 25.4 Å². The molecule has 0 aliphatic carbocycles. The Kier molecular flexibility index (Phi) is 6.81. The number of fused-ring (bicyclic) bond motifs is 2. The van der Waals surface area contributed by atoms with Gasteiger partial charge < -0.3 is 24.8 Å². The molecule has 0 spiro atoms. The minimum Gasteiger partial charge on any atom is -0.370 e. The van der Waals surface area contributed by atoms with Gasteiger partial charge in [-0.2, -0.15) is 0 Å². The maximum atomic E-state index is 12.7. The van der Waals surface area contributed by atoms with Gasteiger partial charge in [0, 0.05) is 61.6 Å². The van der Waals surface area contributed by atoms with E-state index in [4.69, 9.17) is 15.5 Å². The van der Waals surface area contributed by atoms with Gasteiger partial charge in [-0.15, -0.1) is 0 Å². The number of rotatable bonds is 8. The summed E-state index contributed by atoms with van der Waals surface area (Å²) in [5, 5.41) is 2.05. The third-order valence-corrected chi connectivity index (χ3v) is 6.93. The van der Waals surface area contributed by atoms with Crippen LogP contribution in [0.1, 0.15) is 23.2 Å². The number of likely N-dealkylation sites (N-methyl/N-ethyl adjacent to an activating group) is 1. The molecule has 4 aromatic rings. The van der Waals surface area contributed by atoms with E-state index >= 15 is 0 Å². The van der Waals surface area contributed by atoms with Crippen LogP contribution in [-0.4, -0.2) is 70.6 Å². The molecule has 186 valence electrons. The fourth-order valence-corrected chi connectivity index (χ4v) is 4.73. The van der Waals surface area contributed by atoms with Crippen molar-refractivity contribution in [3.63, 3.8) is 0 Å². The van der Waals surface area contributed by atoms with Crippen LogP contribution >= 0.6 is 0 Å². The Labute approximate surface area is 209 Å². The van der Waals surface area contributed by atoms with E-state index in [0.29, 0.717) is 18.7 Å². The molecule has 9 heteroatoms. The van der Waals surface area contributed by atoms with E-state index in [9.17, 15) is 9.59 Å². The van der Waals surface area contributed by atoms with Crippen molar-refractivity contribution >= 4 is 39.6 Å². The van der Waals surface area contributed by atoms with E-state index in [1.807, 2.05) is 65.3 Å². The second-order valence-corrected chi connectivity index (χ2v) is 9.15. The van der Waals surface area contributed by atoms with Crippen molar-refractivity contribution in [2.24, 2.45) is 5.73 Å². The number of para-hydroxylation sites is 1. The van der Waals surface area contributed by atoms with Crippen molar-refractivity contribution in [3.8, 4) is 0 Å². The number of amides is 2. The monoisotopic (exact) mass is 486 g/mol. The van der Waals surface area contributed by atoms with Gasteiger partial charge in [-0.05, 0) is 42.5 Å². The molecule has 2 amide bonds. The summed E-state index contributed by atoms with van der Waals surface area (Å²) in [6.07, 6.45) is 5.52. The average Bonchev–Trinajstić information content (AvgIpc) is 3.32. The number of aromatic nitrogens is 3. The number of nitrogens with two attached hydrogens (primary N) is 1. The summed E-state index contributed by atoms with van der Waals surface area (Å²) in [5.41, 5.74) is 7.73. The van der Waals surface area contributed by atoms with Crippen LogP contribution in [0.2, 0.25) is 0 Å². The van der Waals surface area contributed by atoms with Gasteiger partial charge in [-0.25, -0.2) is 9.97 Å². The summed E-state index contributed by atoms with van der Waals surface area (Å²) in [7, 11) is 1.85. The number of anilines is 1. The topological polar surface area (TPSA) is 107 Å². The van der Waals surface area contributed by atoms with Crippen LogP contribution in [0.3, 0.4) is 0 Å². The summed E-state index contributed by atoms with van der Waals surface area (Å²) in [6, 6.07) is 15.5. The lowest BCUT2D eigenvalue weighted by atomic mass is 10.0. The Hall–Kier alpha value is -3.98. The van der Waals surface area contributed by atoms with E-state index in [0.717, 1.165) is 53.7 Å². The first-order chi connectivity index (χ1) is 17.5. The van der Waals surface area contributed by atoms with Crippen molar-refractivity contribution in [1.29, 1.82) is 0 Å². The van der Waals surface area contributed by atoms with Crippen LogP contribution in [0.4, 0.5) is 5.95 Å². The molecule has 0 atom stereocenters. The highest BCUT2D eigenvalue weighted by molar-refractivity contribution is 5.97. The van der Waals surface area contributed by atoms with Gasteiger partial charge in [0.15, 0.2) is 0 Å². The van der Waals surface area contributed by atoms with Crippen molar-refractivity contribution in [1.82, 2.24) is 19.4 Å². The summed E-state index contributed by atoms with van der Waals surface area (Å²) < 4.78 is 7.71. The van der Waals surface area contributed by atoms with Gasteiger partial charge in [-0.1, -0.05) is 24.3 Å². The van der Waals surface area contributed by atoms with Crippen molar-refractivity contribution < 1.29 is 14.3 Å². The number of carbonyl (C=O) groups is 2. The highest BCUT2D eigenvalue weighted by Gasteiger charge is 2.26. The molecule has 5 rings (SSSR count). The number of nitrogens with zero attached hydrogens (tertiary/aromatic N) is 5.